The smallest absolute Gasteiger partial charge is 0.240 e. The Bertz CT molecular complexity index is 455. The van der Waals surface area contributed by atoms with E-state index in [2.05, 4.69) is 10.3 Å². The van der Waals surface area contributed by atoms with Gasteiger partial charge in [-0.1, -0.05) is 6.07 Å². The van der Waals surface area contributed by atoms with Crippen molar-refractivity contribution < 1.29 is 8.42 Å². The van der Waals surface area contributed by atoms with Gasteiger partial charge in [0.25, 0.3) is 0 Å². The molecule has 1 aliphatic rings. The molecule has 1 aliphatic heterocycles. The number of hydrogen-bond donors (Lipinski definition) is 1. The van der Waals surface area contributed by atoms with Gasteiger partial charge >= 0.3 is 0 Å². The second-order valence-electron chi connectivity index (χ2n) is 4.17. The molecule has 5 nitrogen and oxygen atoms in total. The number of aromatic nitrogens is 1. The summed E-state index contributed by atoms with van der Waals surface area (Å²) >= 11 is 0. The van der Waals surface area contributed by atoms with E-state index in [-0.39, 0.29) is 5.25 Å². The highest BCUT2D eigenvalue weighted by atomic mass is 32.2. The maximum Gasteiger partial charge on any atom is 0.240 e. The molecule has 2 rings (SSSR count). The van der Waals surface area contributed by atoms with Crippen LogP contribution in [0, 0.1) is 0 Å². The zero-order chi connectivity index (χ0) is 12.3. The Balaban J connectivity index is 2.20. The first-order chi connectivity index (χ1) is 8.12. The van der Waals surface area contributed by atoms with Gasteiger partial charge < -0.3 is 5.32 Å². The van der Waals surface area contributed by atoms with Crippen LogP contribution in [0.15, 0.2) is 24.4 Å². The largest absolute Gasteiger partial charge is 0.315 e. The molecule has 6 heteroatoms. The van der Waals surface area contributed by atoms with Gasteiger partial charge in [0, 0.05) is 19.8 Å². The van der Waals surface area contributed by atoms with E-state index in [1.54, 1.807) is 31.4 Å². The van der Waals surface area contributed by atoms with Crippen LogP contribution in [0.3, 0.4) is 0 Å². The summed E-state index contributed by atoms with van der Waals surface area (Å²) in [6.07, 6.45) is 3.22. The lowest BCUT2D eigenvalue weighted by Gasteiger charge is -2.28. The van der Waals surface area contributed by atoms with Crippen molar-refractivity contribution in [1.29, 1.82) is 0 Å². The van der Waals surface area contributed by atoms with Crippen LogP contribution in [0.25, 0.3) is 0 Å². The molecular weight excluding hydrogens is 238 g/mol. The van der Waals surface area contributed by atoms with Gasteiger partial charge in [-0.05, 0) is 31.5 Å². The SMILES string of the molecule is CN(c1ccccn1)S(=O)(=O)C1CCCNC1. The Morgan fingerprint density at radius 2 is 2.29 bits per heavy atom. The highest BCUT2D eigenvalue weighted by Crippen LogP contribution is 2.19. The van der Waals surface area contributed by atoms with E-state index in [0.717, 1.165) is 13.0 Å². The standard InChI is InChI=1S/C11H17N3O2S/c1-14(11-6-2-3-8-13-11)17(15,16)10-5-4-7-12-9-10/h2-3,6,8,10,12H,4-5,7,9H2,1H3. The fourth-order valence-electron chi connectivity index (χ4n) is 1.97. The number of piperidine rings is 1. The first kappa shape index (κ1) is 12.3. The molecule has 17 heavy (non-hydrogen) atoms. The van der Waals surface area contributed by atoms with Gasteiger partial charge in [0.2, 0.25) is 10.0 Å². The number of nitrogens with one attached hydrogen (secondary N) is 1. The Labute approximate surface area is 102 Å². The zero-order valence-electron chi connectivity index (χ0n) is 9.83. The quantitative estimate of drug-likeness (QED) is 0.859. The number of nitrogens with zero attached hydrogens (tertiary/aromatic N) is 2. The molecule has 1 fully saturated rings. The van der Waals surface area contributed by atoms with Crippen LogP contribution in [0.5, 0.6) is 0 Å². The van der Waals surface area contributed by atoms with Crippen molar-refractivity contribution >= 4 is 15.8 Å². The lowest BCUT2D eigenvalue weighted by molar-refractivity contribution is 0.496. The van der Waals surface area contributed by atoms with Crippen LogP contribution in [-0.4, -0.2) is 38.8 Å². The molecule has 1 unspecified atom stereocenters. The lowest BCUT2D eigenvalue weighted by Crippen LogP contribution is -2.45. The number of hydrogen-bond acceptors (Lipinski definition) is 4. The van der Waals surface area contributed by atoms with Crippen molar-refractivity contribution in [3.8, 4) is 0 Å². The van der Waals surface area contributed by atoms with E-state index in [0.29, 0.717) is 18.8 Å². The van der Waals surface area contributed by atoms with Gasteiger partial charge in [0.1, 0.15) is 5.82 Å². The van der Waals surface area contributed by atoms with Crippen LogP contribution in [0.4, 0.5) is 5.82 Å². The second kappa shape index (κ2) is 5.01. The van der Waals surface area contributed by atoms with Gasteiger partial charge in [-0.3, -0.25) is 4.31 Å². The third-order valence-electron chi connectivity index (χ3n) is 3.03. The minimum atomic E-state index is -3.31. The van der Waals surface area contributed by atoms with Crippen LogP contribution in [-0.2, 0) is 10.0 Å². The van der Waals surface area contributed by atoms with E-state index in [4.69, 9.17) is 0 Å². The third-order valence-corrected chi connectivity index (χ3v) is 5.22. The van der Waals surface area contributed by atoms with E-state index in [1.807, 2.05) is 0 Å². The summed E-state index contributed by atoms with van der Waals surface area (Å²) in [6.45, 7) is 1.43. The van der Waals surface area contributed by atoms with Crippen LogP contribution in [0.2, 0.25) is 0 Å². The number of rotatable bonds is 3. The minimum Gasteiger partial charge on any atom is -0.315 e. The molecule has 2 heterocycles. The normalized spacial score (nSPS) is 21.1. The summed E-state index contributed by atoms with van der Waals surface area (Å²) in [5.41, 5.74) is 0. The molecule has 94 valence electrons. The van der Waals surface area contributed by atoms with E-state index in [1.165, 1.54) is 4.31 Å². The minimum absolute atomic E-state index is 0.344. The van der Waals surface area contributed by atoms with E-state index < -0.39 is 10.0 Å². The van der Waals surface area contributed by atoms with Crippen molar-refractivity contribution in [3.05, 3.63) is 24.4 Å². The Hall–Kier alpha value is -1.14. The summed E-state index contributed by atoms with van der Waals surface area (Å²) in [6, 6.07) is 5.26. The van der Waals surface area contributed by atoms with Crippen molar-refractivity contribution in [2.45, 2.75) is 18.1 Å². The molecule has 0 spiro atoms. The number of anilines is 1. The predicted octanol–water partition coefficient (Wildman–Crippen LogP) is 0.600. The molecule has 1 aromatic rings. The van der Waals surface area contributed by atoms with Gasteiger partial charge in [0.05, 0.1) is 5.25 Å². The second-order valence-corrected chi connectivity index (χ2v) is 6.41. The summed E-state index contributed by atoms with van der Waals surface area (Å²) < 4.78 is 25.9. The van der Waals surface area contributed by atoms with Crippen LogP contribution < -0.4 is 9.62 Å². The Morgan fingerprint density at radius 1 is 1.47 bits per heavy atom. The van der Waals surface area contributed by atoms with Crippen LogP contribution >= 0.6 is 0 Å². The van der Waals surface area contributed by atoms with Crippen molar-refractivity contribution in [3.63, 3.8) is 0 Å². The summed E-state index contributed by atoms with van der Waals surface area (Å²) in [4.78, 5) is 4.07. The highest BCUT2D eigenvalue weighted by Gasteiger charge is 2.31. The zero-order valence-corrected chi connectivity index (χ0v) is 10.7. The van der Waals surface area contributed by atoms with Crippen LogP contribution in [0.1, 0.15) is 12.8 Å². The maximum atomic E-state index is 12.3. The summed E-state index contributed by atoms with van der Waals surface area (Å²) in [7, 11) is -1.74. The van der Waals surface area contributed by atoms with Crippen molar-refractivity contribution in [1.82, 2.24) is 10.3 Å². The number of pyridine rings is 1. The molecule has 1 N–H and O–H groups in total. The van der Waals surface area contributed by atoms with Gasteiger partial charge in [-0.2, -0.15) is 0 Å². The maximum absolute atomic E-state index is 12.3. The first-order valence-electron chi connectivity index (χ1n) is 5.72. The molecule has 0 aromatic carbocycles. The molecule has 0 bridgehead atoms. The average Bonchev–Trinajstić information content (AvgIpc) is 2.40. The fraction of sp³-hybridized carbons (Fsp3) is 0.545. The predicted molar refractivity (Wildman–Crippen MR) is 67.5 cm³/mol. The fourth-order valence-corrected chi connectivity index (χ4v) is 3.58. The topological polar surface area (TPSA) is 62.3 Å². The summed E-state index contributed by atoms with van der Waals surface area (Å²) in [5, 5.41) is 2.78. The molecule has 0 aliphatic carbocycles. The molecule has 0 saturated carbocycles. The molecule has 0 radical (unpaired) electrons. The lowest BCUT2D eigenvalue weighted by atomic mass is 10.2. The molecule has 0 amide bonds. The van der Waals surface area contributed by atoms with E-state index >= 15 is 0 Å². The van der Waals surface area contributed by atoms with Crippen molar-refractivity contribution in [2.75, 3.05) is 24.4 Å². The Kier molecular flexibility index (Phi) is 3.63. The molecule has 1 aromatic heterocycles. The van der Waals surface area contributed by atoms with Gasteiger partial charge in [0.15, 0.2) is 0 Å². The third kappa shape index (κ3) is 2.58. The molecular formula is C11H17N3O2S. The van der Waals surface area contributed by atoms with Gasteiger partial charge in [-0.15, -0.1) is 0 Å². The molecule has 1 atom stereocenters. The van der Waals surface area contributed by atoms with E-state index in [9.17, 15) is 8.42 Å². The van der Waals surface area contributed by atoms with Gasteiger partial charge in [-0.25, -0.2) is 13.4 Å². The van der Waals surface area contributed by atoms with Crippen molar-refractivity contribution in [2.24, 2.45) is 0 Å². The first-order valence-corrected chi connectivity index (χ1v) is 7.22. The molecule has 1 saturated heterocycles. The Morgan fingerprint density at radius 3 is 2.88 bits per heavy atom. The average molecular weight is 255 g/mol. The summed E-state index contributed by atoms with van der Waals surface area (Å²) in [5.74, 6) is 0.470. The highest BCUT2D eigenvalue weighted by molar-refractivity contribution is 7.93. The number of sulfonamides is 1. The monoisotopic (exact) mass is 255 g/mol.